The van der Waals surface area contributed by atoms with Gasteiger partial charge in [0.2, 0.25) is 0 Å². The molecule has 0 aromatic heterocycles. The van der Waals surface area contributed by atoms with E-state index < -0.39 is 0 Å². The molecule has 1 saturated carbocycles. The molecule has 1 atom stereocenters. The molecule has 0 amide bonds. The maximum Gasteiger partial charge on any atom is -0.0276 e. The van der Waals surface area contributed by atoms with Crippen molar-refractivity contribution < 1.29 is 0 Å². The maximum absolute atomic E-state index is 2.29. The van der Waals surface area contributed by atoms with Crippen LogP contribution in [0.5, 0.6) is 0 Å². The van der Waals surface area contributed by atoms with Crippen molar-refractivity contribution in [3.05, 3.63) is 71.8 Å². The minimum Gasteiger partial charge on any atom is -0.0622 e. The Morgan fingerprint density at radius 3 is 1.92 bits per heavy atom. The minimum atomic E-state index is 0.909. The molecule has 1 aliphatic carbocycles. The molecule has 3 rings (SSSR count). The third kappa shape index (κ3) is 6.69. The Morgan fingerprint density at radius 1 is 0.680 bits per heavy atom. The Morgan fingerprint density at radius 2 is 1.28 bits per heavy atom. The fourth-order valence-electron chi connectivity index (χ4n) is 4.53. The predicted octanol–water partition coefficient (Wildman–Crippen LogP) is 7.23. The van der Waals surface area contributed by atoms with Gasteiger partial charge in [-0.2, -0.15) is 0 Å². The molecule has 1 fully saturated rings. The Hall–Kier alpha value is -1.56. The molecule has 0 nitrogen and oxygen atoms in total. The van der Waals surface area contributed by atoms with Crippen molar-refractivity contribution in [2.24, 2.45) is 11.8 Å². The summed E-state index contributed by atoms with van der Waals surface area (Å²) in [7, 11) is 0. The normalized spacial score (nSPS) is 16.6. The van der Waals surface area contributed by atoms with Crippen molar-refractivity contribution in [2.45, 2.75) is 70.6 Å². The summed E-state index contributed by atoms with van der Waals surface area (Å²) < 4.78 is 0. The molecule has 0 N–H and O–H groups in total. The number of aryl methyl sites for hydroxylation is 2. The molecule has 2 aromatic rings. The third-order valence-electron chi connectivity index (χ3n) is 6.00. The fraction of sp³-hybridized carbons (Fsp3) is 0.520. The van der Waals surface area contributed by atoms with Crippen LogP contribution in [-0.4, -0.2) is 0 Å². The summed E-state index contributed by atoms with van der Waals surface area (Å²) in [6.45, 7) is 0. The van der Waals surface area contributed by atoms with Gasteiger partial charge < -0.3 is 0 Å². The summed E-state index contributed by atoms with van der Waals surface area (Å²) >= 11 is 0. The van der Waals surface area contributed by atoms with Gasteiger partial charge in [-0.1, -0.05) is 99.2 Å². The van der Waals surface area contributed by atoms with Crippen molar-refractivity contribution in [1.82, 2.24) is 0 Å². The average Bonchev–Trinajstić information content (AvgIpc) is 2.68. The van der Waals surface area contributed by atoms with Crippen molar-refractivity contribution in [3.63, 3.8) is 0 Å². The van der Waals surface area contributed by atoms with Gasteiger partial charge in [0.05, 0.1) is 0 Å². The summed E-state index contributed by atoms with van der Waals surface area (Å²) in [4.78, 5) is 0. The van der Waals surface area contributed by atoms with E-state index in [1.807, 2.05) is 0 Å². The van der Waals surface area contributed by atoms with E-state index in [0.717, 1.165) is 11.8 Å². The summed E-state index contributed by atoms with van der Waals surface area (Å²) in [6.07, 6.45) is 15.5. The molecule has 0 bridgehead atoms. The van der Waals surface area contributed by atoms with Crippen LogP contribution in [0.25, 0.3) is 0 Å². The van der Waals surface area contributed by atoms with Crippen LogP contribution in [0.3, 0.4) is 0 Å². The van der Waals surface area contributed by atoms with Crippen LogP contribution in [-0.2, 0) is 12.8 Å². The summed E-state index contributed by atoms with van der Waals surface area (Å²) in [5.74, 6) is 1.92. The summed E-state index contributed by atoms with van der Waals surface area (Å²) in [5, 5.41) is 0. The quantitative estimate of drug-likeness (QED) is 0.454. The lowest BCUT2D eigenvalue weighted by atomic mass is 9.79. The zero-order chi connectivity index (χ0) is 17.2. The van der Waals surface area contributed by atoms with E-state index in [9.17, 15) is 0 Å². The first-order valence-electron chi connectivity index (χ1n) is 10.5. The maximum atomic E-state index is 2.29. The average molecular weight is 335 g/mol. The van der Waals surface area contributed by atoms with Crippen molar-refractivity contribution in [3.8, 4) is 0 Å². The highest BCUT2D eigenvalue weighted by molar-refractivity contribution is 5.15. The van der Waals surface area contributed by atoms with Gasteiger partial charge in [0.15, 0.2) is 0 Å². The molecule has 0 heterocycles. The Balaban J connectivity index is 1.49. The Bertz CT molecular complexity index is 566. The molecule has 0 aliphatic heterocycles. The topological polar surface area (TPSA) is 0 Å². The Kier molecular flexibility index (Phi) is 7.61. The van der Waals surface area contributed by atoms with Gasteiger partial charge in [-0.05, 0) is 55.1 Å². The summed E-state index contributed by atoms with van der Waals surface area (Å²) in [5.41, 5.74) is 3.01. The van der Waals surface area contributed by atoms with Crippen molar-refractivity contribution in [1.29, 1.82) is 0 Å². The van der Waals surface area contributed by atoms with Crippen LogP contribution in [0.2, 0.25) is 0 Å². The molecule has 134 valence electrons. The van der Waals surface area contributed by atoms with Gasteiger partial charge in [-0.15, -0.1) is 0 Å². The zero-order valence-corrected chi connectivity index (χ0v) is 15.7. The highest BCUT2D eigenvalue weighted by Crippen LogP contribution is 2.32. The van der Waals surface area contributed by atoms with Crippen LogP contribution in [0.1, 0.15) is 68.9 Å². The molecule has 0 saturated heterocycles. The van der Waals surface area contributed by atoms with Gasteiger partial charge in [0.1, 0.15) is 0 Å². The lowest BCUT2D eigenvalue weighted by Gasteiger charge is -2.27. The minimum absolute atomic E-state index is 0.909. The highest BCUT2D eigenvalue weighted by atomic mass is 14.2. The summed E-state index contributed by atoms with van der Waals surface area (Å²) in [6, 6.07) is 22.1. The smallest absolute Gasteiger partial charge is 0.0276 e. The van der Waals surface area contributed by atoms with Crippen LogP contribution >= 0.6 is 0 Å². The standard InChI is InChI=1S/C25H34/c1-4-11-22(12-5-1)17-10-18-25(21-24-15-8-3-9-16-24)20-19-23-13-6-2-7-14-23/h1-2,4-7,11-14,24-25H,3,8-10,15-21H2. The second-order valence-corrected chi connectivity index (χ2v) is 8.01. The van der Waals surface area contributed by atoms with E-state index in [2.05, 4.69) is 60.7 Å². The third-order valence-corrected chi connectivity index (χ3v) is 6.00. The molecular formula is C25H34. The number of hydrogen-bond donors (Lipinski definition) is 0. The van der Waals surface area contributed by atoms with E-state index in [4.69, 9.17) is 0 Å². The highest BCUT2D eigenvalue weighted by Gasteiger charge is 2.19. The van der Waals surface area contributed by atoms with E-state index >= 15 is 0 Å². The van der Waals surface area contributed by atoms with Crippen LogP contribution in [0.15, 0.2) is 60.7 Å². The molecule has 1 unspecified atom stereocenters. The van der Waals surface area contributed by atoms with Crippen molar-refractivity contribution >= 4 is 0 Å². The van der Waals surface area contributed by atoms with Crippen LogP contribution in [0, 0.1) is 11.8 Å². The van der Waals surface area contributed by atoms with Gasteiger partial charge in [-0.25, -0.2) is 0 Å². The molecule has 0 heteroatoms. The number of benzene rings is 2. The lowest BCUT2D eigenvalue weighted by molar-refractivity contribution is 0.267. The van der Waals surface area contributed by atoms with Gasteiger partial charge >= 0.3 is 0 Å². The largest absolute Gasteiger partial charge is 0.0622 e. The van der Waals surface area contributed by atoms with E-state index in [1.165, 1.54) is 81.8 Å². The van der Waals surface area contributed by atoms with E-state index in [1.54, 1.807) is 0 Å². The molecule has 0 spiro atoms. The molecular weight excluding hydrogens is 300 g/mol. The van der Waals surface area contributed by atoms with Crippen LogP contribution < -0.4 is 0 Å². The second kappa shape index (κ2) is 10.4. The molecule has 1 aliphatic rings. The number of hydrogen-bond acceptors (Lipinski definition) is 0. The van der Waals surface area contributed by atoms with Gasteiger partial charge in [0.25, 0.3) is 0 Å². The van der Waals surface area contributed by atoms with Crippen LogP contribution in [0.4, 0.5) is 0 Å². The monoisotopic (exact) mass is 334 g/mol. The zero-order valence-electron chi connectivity index (χ0n) is 15.7. The first-order valence-corrected chi connectivity index (χ1v) is 10.5. The molecule has 0 radical (unpaired) electrons. The Labute approximate surface area is 154 Å². The van der Waals surface area contributed by atoms with E-state index in [0.29, 0.717) is 0 Å². The first kappa shape index (κ1) is 18.2. The van der Waals surface area contributed by atoms with Gasteiger partial charge in [-0.3, -0.25) is 0 Å². The van der Waals surface area contributed by atoms with Crippen molar-refractivity contribution in [2.75, 3.05) is 0 Å². The predicted molar refractivity (Wildman–Crippen MR) is 109 cm³/mol. The SMILES string of the molecule is c1ccc(CCCC(CCc2ccccc2)CC2CCCCC2)cc1. The van der Waals surface area contributed by atoms with E-state index in [-0.39, 0.29) is 0 Å². The lowest BCUT2D eigenvalue weighted by Crippen LogP contribution is -2.13. The number of rotatable bonds is 9. The molecule has 2 aromatic carbocycles. The first-order chi connectivity index (χ1) is 12.4. The second-order valence-electron chi connectivity index (χ2n) is 8.01. The fourth-order valence-corrected chi connectivity index (χ4v) is 4.53. The molecule has 25 heavy (non-hydrogen) atoms. The van der Waals surface area contributed by atoms with Gasteiger partial charge in [0, 0.05) is 0 Å².